The minimum absolute atomic E-state index is 0.0132. The van der Waals surface area contributed by atoms with Crippen molar-refractivity contribution in [1.82, 2.24) is 15.5 Å². The molecule has 2 amide bonds. The molecule has 0 radical (unpaired) electrons. The van der Waals surface area contributed by atoms with Gasteiger partial charge in [0.1, 0.15) is 0 Å². The summed E-state index contributed by atoms with van der Waals surface area (Å²) >= 11 is 0. The Morgan fingerprint density at radius 3 is 2.50 bits per heavy atom. The number of carbonyl (C=O) groups excluding carboxylic acids is 2. The molecule has 2 N–H and O–H groups in total. The Balaban J connectivity index is 2.22. The van der Waals surface area contributed by atoms with Gasteiger partial charge in [0.25, 0.3) is 0 Å². The summed E-state index contributed by atoms with van der Waals surface area (Å²) in [6.07, 6.45) is 4.57. The van der Waals surface area contributed by atoms with Crippen molar-refractivity contribution < 1.29 is 9.59 Å². The number of rotatable bonds is 6. The second-order valence-corrected chi connectivity index (χ2v) is 5.00. The van der Waals surface area contributed by atoms with Crippen LogP contribution in [0.1, 0.15) is 39.5 Å². The summed E-state index contributed by atoms with van der Waals surface area (Å²) in [4.78, 5) is 25.1. The first kappa shape index (κ1) is 15.0. The van der Waals surface area contributed by atoms with Crippen molar-refractivity contribution in [3.63, 3.8) is 0 Å². The normalized spacial score (nSPS) is 17.5. The zero-order valence-electron chi connectivity index (χ0n) is 11.7. The van der Waals surface area contributed by atoms with Gasteiger partial charge in [0.2, 0.25) is 11.8 Å². The first-order valence-corrected chi connectivity index (χ1v) is 6.82. The van der Waals surface area contributed by atoms with Gasteiger partial charge in [-0.25, -0.2) is 0 Å². The van der Waals surface area contributed by atoms with Crippen LogP contribution >= 0.6 is 0 Å². The van der Waals surface area contributed by atoms with Gasteiger partial charge in [-0.1, -0.05) is 12.8 Å². The fourth-order valence-electron chi connectivity index (χ4n) is 2.17. The van der Waals surface area contributed by atoms with E-state index in [-0.39, 0.29) is 24.4 Å². The molecule has 0 bridgehead atoms. The monoisotopic (exact) mass is 255 g/mol. The van der Waals surface area contributed by atoms with E-state index >= 15 is 0 Å². The maximum absolute atomic E-state index is 11.8. The largest absolute Gasteiger partial charge is 0.352 e. The molecule has 0 heterocycles. The number of hydrogen-bond donors (Lipinski definition) is 2. The van der Waals surface area contributed by atoms with Crippen LogP contribution in [0.25, 0.3) is 0 Å². The predicted molar refractivity (Wildman–Crippen MR) is 71.2 cm³/mol. The number of carbonyl (C=O) groups is 2. The summed E-state index contributed by atoms with van der Waals surface area (Å²) in [6.45, 7) is 4.61. The minimum Gasteiger partial charge on any atom is -0.352 e. The number of hydrogen-bond acceptors (Lipinski definition) is 3. The Morgan fingerprint density at radius 2 is 1.94 bits per heavy atom. The Kier molecular flexibility index (Phi) is 6.12. The molecule has 0 aromatic rings. The molecule has 0 aromatic carbocycles. The fraction of sp³-hybridized carbons (Fsp3) is 0.846. The van der Waals surface area contributed by atoms with Gasteiger partial charge >= 0.3 is 0 Å². The summed E-state index contributed by atoms with van der Waals surface area (Å²) in [5.41, 5.74) is 0. The van der Waals surface area contributed by atoms with Crippen molar-refractivity contribution in [3.05, 3.63) is 0 Å². The lowest BCUT2D eigenvalue weighted by atomic mass is 10.2. The van der Waals surface area contributed by atoms with E-state index in [1.54, 1.807) is 18.9 Å². The molecule has 1 saturated carbocycles. The molecule has 1 rings (SSSR count). The predicted octanol–water partition coefficient (Wildman–Crippen LogP) is 0.502. The smallest absolute Gasteiger partial charge is 0.239 e. The van der Waals surface area contributed by atoms with Crippen LogP contribution < -0.4 is 10.6 Å². The number of amides is 2. The molecule has 104 valence electrons. The van der Waals surface area contributed by atoms with Gasteiger partial charge < -0.3 is 10.2 Å². The minimum atomic E-state index is -0.315. The molecule has 1 atom stereocenters. The zero-order valence-corrected chi connectivity index (χ0v) is 11.7. The van der Waals surface area contributed by atoms with Gasteiger partial charge in [0.05, 0.1) is 12.6 Å². The van der Waals surface area contributed by atoms with Crippen molar-refractivity contribution in [2.24, 2.45) is 0 Å². The van der Waals surface area contributed by atoms with E-state index in [0.717, 1.165) is 12.8 Å². The summed E-state index contributed by atoms with van der Waals surface area (Å²) in [7, 11) is 1.76. The SMILES string of the molecule is CCN(C)C(=O)C(C)NCC(=O)NC1CCCC1. The summed E-state index contributed by atoms with van der Waals surface area (Å²) < 4.78 is 0. The van der Waals surface area contributed by atoms with E-state index in [9.17, 15) is 9.59 Å². The van der Waals surface area contributed by atoms with Crippen LogP contribution in [-0.4, -0.2) is 48.9 Å². The molecule has 5 nitrogen and oxygen atoms in total. The standard InChI is InChI=1S/C13H25N3O2/c1-4-16(3)13(18)10(2)14-9-12(17)15-11-7-5-6-8-11/h10-11,14H,4-9H2,1-3H3,(H,15,17). The zero-order chi connectivity index (χ0) is 13.5. The van der Waals surface area contributed by atoms with Crippen LogP contribution in [0.15, 0.2) is 0 Å². The molecule has 1 aliphatic carbocycles. The Morgan fingerprint density at radius 1 is 1.33 bits per heavy atom. The molecule has 18 heavy (non-hydrogen) atoms. The van der Waals surface area contributed by atoms with Gasteiger partial charge in [-0.15, -0.1) is 0 Å². The lowest BCUT2D eigenvalue weighted by Crippen LogP contribution is -2.47. The molecule has 5 heteroatoms. The first-order valence-electron chi connectivity index (χ1n) is 6.82. The Bertz CT molecular complexity index is 288. The lowest BCUT2D eigenvalue weighted by Gasteiger charge is -2.21. The average Bonchev–Trinajstić information content (AvgIpc) is 2.86. The molecule has 0 aromatic heterocycles. The molecule has 0 spiro atoms. The van der Waals surface area contributed by atoms with Crippen molar-refractivity contribution in [3.8, 4) is 0 Å². The fourth-order valence-corrected chi connectivity index (χ4v) is 2.17. The molecule has 0 aliphatic heterocycles. The van der Waals surface area contributed by atoms with Gasteiger partial charge in [-0.3, -0.25) is 14.9 Å². The van der Waals surface area contributed by atoms with E-state index in [1.807, 2.05) is 6.92 Å². The van der Waals surface area contributed by atoms with Crippen LogP contribution in [0.3, 0.4) is 0 Å². The van der Waals surface area contributed by atoms with Gasteiger partial charge in [-0.2, -0.15) is 0 Å². The van der Waals surface area contributed by atoms with E-state index in [1.165, 1.54) is 12.8 Å². The molecule has 0 saturated heterocycles. The van der Waals surface area contributed by atoms with Gasteiger partial charge in [0.15, 0.2) is 0 Å². The van der Waals surface area contributed by atoms with E-state index in [4.69, 9.17) is 0 Å². The number of nitrogens with zero attached hydrogens (tertiary/aromatic N) is 1. The van der Waals surface area contributed by atoms with E-state index < -0.39 is 0 Å². The molecule has 1 unspecified atom stereocenters. The number of nitrogens with one attached hydrogen (secondary N) is 2. The maximum Gasteiger partial charge on any atom is 0.239 e. The second kappa shape index (κ2) is 7.36. The topological polar surface area (TPSA) is 61.4 Å². The van der Waals surface area contributed by atoms with E-state index in [2.05, 4.69) is 10.6 Å². The van der Waals surface area contributed by atoms with Crippen molar-refractivity contribution in [2.45, 2.75) is 51.6 Å². The highest BCUT2D eigenvalue weighted by molar-refractivity contribution is 5.83. The van der Waals surface area contributed by atoms with Gasteiger partial charge in [0, 0.05) is 19.6 Å². The second-order valence-electron chi connectivity index (χ2n) is 5.00. The van der Waals surface area contributed by atoms with Crippen molar-refractivity contribution in [2.75, 3.05) is 20.1 Å². The highest BCUT2D eigenvalue weighted by Gasteiger charge is 2.19. The highest BCUT2D eigenvalue weighted by Crippen LogP contribution is 2.17. The summed E-state index contributed by atoms with van der Waals surface area (Å²) in [5, 5.41) is 5.96. The van der Waals surface area contributed by atoms with Crippen LogP contribution in [0.5, 0.6) is 0 Å². The molecule has 1 aliphatic rings. The van der Waals surface area contributed by atoms with Crippen molar-refractivity contribution >= 4 is 11.8 Å². The van der Waals surface area contributed by atoms with Crippen LogP contribution in [0.2, 0.25) is 0 Å². The van der Waals surface area contributed by atoms with E-state index in [0.29, 0.717) is 12.6 Å². The third-order valence-electron chi connectivity index (χ3n) is 3.51. The van der Waals surface area contributed by atoms with Crippen LogP contribution in [0, 0.1) is 0 Å². The quantitative estimate of drug-likeness (QED) is 0.726. The Labute approximate surface area is 109 Å². The van der Waals surface area contributed by atoms with Crippen molar-refractivity contribution in [1.29, 1.82) is 0 Å². The highest BCUT2D eigenvalue weighted by atomic mass is 16.2. The molecular weight excluding hydrogens is 230 g/mol. The maximum atomic E-state index is 11.8. The van der Waals surface area contributed by atoms with Gasteiger partial charge in [-0.05, 0) is 26.7 Å². The number of likely N-dealkylation sites (N-methyl/N-ethyl adjacent to an activating group) is 1. The third kappa shape index (κ3) is 4.64. The average molecular weight is 255 g/mol. The lowest BCUT2D eigenvalue weighted by molar-refractivity contribution is -0.131. The Hall–Kier alpha value is -1.10. The summed E-state index contributed by atoms with van der Waals surface area (Å²) in [6, 6.07) is 0.0212. The van der Waals surface area contributed by atoms with Crippen LogP contribution in [-0.2, 0) is 9.59 Å². The molecule has 1 fully saturated rings. The summed E-state index contributed by atoms with van der Waals surface area (Å²) in [5.74, 6) is 0.00636. The molecular formula is C13H25N3O2. The first-order chi connectivity index (χ1) is 8.54. The third-order valence-corrected chi connectivity index (χ3v) is 3.51. The van der Waals surface area contributed by atoms with Crippen LogP contribution in [0.4, 0.5) is 0 Å².